The van der Waals surface area contributed by atoms with Crippen LogP contribution in [0.3, 0.4) is 0 Å². The number of allylic oxidation sites excluding steroid dienone is 1. The van der Waals surface area contributed by atoms with Gasteiger partial charge in [-0.05, 0) is 24.8 Å². The van der Waals surface area contributed by atoms with Crippen LogP contribution >= 0.6 is 0 Å². The molecule has 0 aliphatic heterocycles. The second-order valence-electron chi connectivity index (χ2n) is 3.93. The summed E-state index contributed by atoms with van der Waals surface area (Å²) < 4.78 is 0. The summed E-state index contributed by atoms with van der Waals surface area (Å²) in [6.45, 7) is 0. The van der Waals surface area contributed by atoms with Crippen LogP contribution in [0.1, 0.15) is 18.4 Å². The summed E-state index contributed by atoms with van der Waals surface area (Å²) in [5.74, 6) is 0.371. The molecule has 0 spiro atoms. The van der Waals surface area contributed by atoms with Gasteiger partial charge < -0.3 is 5.11 Å². The van der Waals surface area contributed by atoms with Crippen molar-refractivity contribution < 1.29 is 5.11 Å². The van der Waals surface area contributed by atoms with Crippen LogP contribution in [0.25, 0.3) is 0 Å². The molecule has 0 radical (unpaired) electrons. The van der Waals surface area contributed by atoms with Crippen LogP contribution in [0, 0.1) is 5.92 Å². The van der Waals surface area contributed by atoms with Gasteiger partial charge in [-0.2, -0.15) is 0 Å². The number of benzene rings is 1. The molecule has 2 rings (SSSR count). The predicted molar refractivity (Wildman–Crippen MR) is 58.0 cm³/mol. The van der Waals surface area contributed by atoms with E-state index in [1.807, 2.05) is 18.2 Å². The summed E-state index contributed by atoms with van der Waals surface area (Å²) in [5.41, 5.74) is 1.22. The van der Waals surface area contributed by atoms with Gasteiger partial charge in [0.2, 0.25) is 0 Å². The van der Waals surface area contributed by atoms with Crippen LogP contribution in [0.4, 0.5) is 0 Å². The summed E-state index contributed by atoms with van der Waals surface area (Å²) in [4.78, 5) is 0. The normalized spacial score (nSPS) is 22.5. The molecule has 0 aromatic heterocycles. The van der Waals surface area contributed by atoms with Crippen molar-refractivity contribution >= 4 is 0 Å². The van der Waals surface area contributed by atoms with Crippen LogP contribution in [0.15, 0.2) is 42.5 Å². The smallest absolute Gasteiger partial charge is 0.0643 e. The van der Waals surface area contributed by atoms with E-state index in [0.717, 1.165) is 19.3 Å². The molecule has 74 valence electrons. The summed E-state index contributed by atoms with van der Waals surface area (Å²) in [5, 5.41) is 9.95. The number of aliphatic hydroxyl groups excluding tert-OH is 1. The molecule has 1 unspecified atom stereocenters. The van der Waals surface area contributed by atoms with Crippen molar-refractivity contribution in [3.05, 3.63) is 48.0 Å². The van der Waals surface area contributed by atoms with Gasteiger partial charge in [-0.15, -0.1) is 0 Å². The Morgan fingerprint density at radius 3 is 2.71 bits per heavy atom. The lowest BCUT2D eigenvalue weighted by Crippen LogP contribution is -2.19. The lowest BCUT2D eigenvalue weighted by molar-refractivity contribution is 0.130. The molecule has 0 fully saturated rings. The van der Waals surface area contributed by atoms with E-state index in [-0.39, 0.29) is 6.10 Å². The van der Waals surface area contributed by atoms with E-state index in [4.69, 9.17) is 0 Å². The molecule has 1 nitrogen and oxygen atoms in total. The van der Waals surface area contributed by atoms with Crippen LogP contribution in [-0.2, 0) is 6.42 Å². The molecule has 14 heavy (non-hydrogen) atoms. The van der Waals surface area contributed by atoms with Crippen LogP contribution < -0.4 is 0 Å². The average Bonchev–Trinajstić information content (AvgIpc) is 2.72. The fourth-order valence-electron chi connectivity index (χ4n) is 1.98. The van der Waals surface area contributed by atoms with Crippen LogP contribution in [0.5, 0.6) is 0 Å². The van der Waals surface area contributed by atoms with Crippen molar-refractivity contribution in [1.82, 2.24) is 0 Å². The molecule has 0 heterocycles. The Hall–Kier alpha value is -1.08. The van der Waals surface area contributed by atoms with Gasteiger partial charge >= 0.3 is 0 Å². The highest BCUT2D eigenvalue weighted by Gasteiger charge is 2.18. The molecule has 0 saturated heterocycles. The number of hydrogen-bond donors (Lipinski definition) is 1. The topological polar surface area (TPSA) is 20.2 Å². The number of hydrogen-bond acceptors (Lipinski definition) is 1. The molecular formula is C13H16O. The van der Waals surface area contributed by atoms with E-state index >= 15 is 0 Å². The minimum Gasteiger partial charge on any atom is -0.392 e. The monoisotopic (exact) mass is 188 g/mol. The molecule has 1 aliphatic carbocycles. The summed E-state index contributed by atoms with van der Waals surface area (Å²) in [6, 6.07) is 10.2. The van der Waals surface area contributed by atoms with Crippen molar-refractivity contribution in [3.63, 3.8) is 0 Å². The Kier molecular flexibility index (Phi) is 3.00. The van der Waals surface area contributed by atoms with Crippen molar-refractivity contribution in [3.8, 4) is 0 Å². The van der Waals surface area contributed by atoms with Gasteiger partial charge in [0.25, 0.3) is 0 Å². The van der Waals surface area contributed by atoms with E-state index in [1.54, 1.807) is 0 Å². The number of aliphatic hydroxyl groups is 1. The molecule has 0 bridgehead atoms. The van der Waals surface area contributed by atoms with Crippen molar-refractivity contribution in [1.29, 1.82) is 0 Å². The van der Waals surface area contributed by atoms with Crippen molar-refractivity contribution in [2.75, 3.05) is 0 Å². The zero-order valence-electron chi connectivity index (χ0n) is 8.26. The molecule has 1 heteroatoms. The largest absolute Gasteiger partial charge is 0.392 e. The summed E-state index contributed by atoms with van der Waals surface area (Å²) in [7, 11) is 0. The fraction of sp³-hybridized carbons (Fsp3) is 0.385. The molecule has 0 amide bonds. The Morgan fingerprint density at radius 2 is 2.07 bits per heavy atom. The first kappa shape index (κ1) is 9.47. The predicted octanol–water partition coefficient (Wildman–Crippen LogP) is 2.56. The molecule has 1 aliphatic rings. The summed E-state index contributed by atoms with van der Waals surface area (Å²) in [6.07, 6.45) is 7.10. The SMILES string of the molecule is O[C@@H](Cc1ccccc1)C1C=CCC1. The maximum atomic E-state index is 9.95. The van der Waals surface area contributed by atoms with Gasteiger partial charge in [0, 0.05) is 5.92 Å². The third-order valence-electron chi connectivity index (χ3n) is 2.83. The standard InChI is InChI=1S/C13H16O/c14-13(12-8-4-5-9-12)10-11-6-2-1-3-7-11/h1-4,6-8,12-14H,5,9-10H2/t12?,13-/m0/s1. The Bertz CT molecular complexity index is 302. The second-order valence-corrected chi connectivity index (χ2v) is 3.93. The van der Waals surface area contributed by atoms with Crippen molar-refractivity contribution in [2.45, 2.75) is 25.4 Å². The number of rotatable bonds is 3. The Balaban J connectivity index is 1.94. The van der Waals surface area contributed by atoms with Gasteiger partial charge in [0.05, 0.1) is 6.10 Å². The molecular weight excluding hydrogens is 172 g/mol. The first-order chi connectivity index (χ1) is 6.86. The molecule has 1 aromatic carbocycles. The van der Waals surface area contributed by atoms with E-state index in [1.165, 1.54) is 5.56 Å². The maximum Gasteiger partial charge on any atom is 0.0643 e. The minimum atomic E-state index is -0.212. The Labute approximate surface area is 85.1 Å². The first-order valence-corrected chi connectivity index (χ1v) is 5.25. The maximum absolute atomic E-state index is 9.95. The highest BCUT2D eigenvalue weighted by Crippen LogP contribution is 2.22. The van der Waals surface area contributed by atoms with E-state index in [9.17, 15) is 5.11 Å². The minimum absolute atomic E-state index is 0.212. The van der Waals surface area contributed by atoms with E-state index in [0.29, 0.717) is 5.92 Å². The Morgan fingerprint density at radius 1 is 1.29 bits per heavy atom. The van der Waals surface area contributed by atoms with Crippen molar-refractivity contribution in [2.24, 2.45) is 5.92 Å². The zero-order chi connectivity index (χ0) is 9.80. The lowest BCUT2D eigenvalue weighted by Gasteiger charge is -2.16. The highest BCUT2D eigenvalue weighted by atomic mass is 16.3. The van der Waals surface area contributed by atoms with Crippen LogP contribution in [0.2, 0.25) is 0 Å². The average molecular weight is 188 g/mol. The fourth-order valence-corrected chi connectivity index (χ4v) is 1.98. The quantitative estimate of drug-likeness (QED) is 0.723. The van der Waals surface area contributed by atoms with Gasteiger partial charge in [0.1, 0.15) is 0 Å². The highest BCUT2D eigenvalue weighted by molar-refractivity contribution is 5.16. The van der Waals surface area contributed by atoms with Crippen LogP contribution in [-0.4, -0.2) is 11.2 Å². The molecule has 2 atom stereocenters. The van der Waals surface area contributed by atoms with Gasteiger partial charge in [-0.3, -0.25) is 0 Å². The summed E-state index contributed by atoms with van der Waals surface area (Å²) >= 11 is 0. The molecule has 1 aromatic rings. The molecule has 0 saturated carbocycles. The third kappa shape index (κ3) is 2.24. The van der Waals surface area contributed by atoms with Gasteiger partial charge in [0.15, 0.2) is 0 Å². The van der Waals surface area contributed by atoms with E-state index in [2.05, 4.69) is 24.3 Å². The van der Waals surface area contributed by atoms with E-state index < -0.39 is 0 Å². The molecule has 1 N–H and O–H groups in total. The van der Waals surface area contributed by atoms with Gasteiger partial charge in [-0.1, -0.05) is 42.5 Å². The third-order valence-corrected chi connectivity index (χ3v) is 2.83. The zero-order valence-corrected chi connectivity index (χ0v) is 8.26. The van der Waals surface area contributed by atoms with Gasteiger partial charge in [-0.25, -0.2) is 0 Å². The lowest BCUT2D eigenvalue weighted by atomic mass is 9.96. The second kappa shape index (κ2) is 4.43. The first-order valence-electron chi connectivity index (χ1n) is 5.25.